The van der Waals surface area contributed by atoms with Gasteiger partial charge in [0.2, 0.25) is 5.95 Å². The van der Waals surface area contributed by atoms with E-state index in [1.165, 1.54) is 12.1 Å². The fraction of sp³-hybridized carbons (Fsp3) is 0.333. The number of aromatic nitrogens is 2. The molecule has 2 rings (SSSR count). The van der Waals surface area contributed by atoms with Gasteiger partial charge in [-0.3, -0.25) is 0 Å². The average molecular weight is 395 g/mol. The fourth-order valence-electron chi connectivity index (χ4n) is 1.81. The summed E-state index contributed by atoms with van der Waals surface area (Å²) < 4.78 is 39.4. The largest absolute Gasteiger partial charge is 0.421 e. The van der Waals surface area contributed by atoms with Gasteiger partial charge in [0.1, 0.15) is 11.4 Å². The summed E-state index contributed by atoms with van der Waals surface area (Å²) >= 11 is 11.7. The molecule has 0 atom stereocenters. The number of aliphatic hydroxyl groups excluding tert-OH is 1. The lowest BCUT2D eigenvalue weighted by atomic mass is 10.1. The molecular weight excluding hydrogens is 380 g/mol. The second-order valence-electron chi connectivity index (χ2n) is 5.87. The smallest absolute Gasteiger partial charge is 0.394 e. The Balaban J connectivity index is 2.38. The van der Waals surface area contributed by atoms with Crippen molar-refractivity contribution in [3.63, 3.8) is 0 Å². The highest BCUT2D eigenvalue weighted by Gasteiger charge is 2.36. The lowest BCUT2D eigenvalue weighted by Gasteiger charge is -2.26. The van der Waals surface area contributed by atoms with Gasteiger partial charge in [-0.15, -0.1) is 0 Å². The number of benzene rings is 1. The highest BCUT2D eigenvalue weighted by atomic mass is 35.5. The predicted molar refractivity (Wildman–Crippen MR) is 91.6 cm³/mol. The Kier molecular flexibility index (Phi) is 5.65. The van der Waals surface area contributed by atoms with Gasteiger partial charge in [0.15, 0.2) is 0 Å². The van der Waals surface area contributed by atoms with Crippen LogP contribution in [0.4, 0.5) is 30.6 Å². The highest BCUT2D eigenvalue weighted by molar-refractivity contribution is 6.42. The first-order valence-corrected chi connectivity index (χ1v) is 7.83. The zero-order valence-corrected chi connectivity index (χ0v) is 14.8. The molecule has 0 radical (unpaired) electrons. The van der Waals surface area contributed by atoms with E-state index in [9.17, 15) is 18.3 Å². The van der Waals surface area contributed by atoms with Crippen molar-refractivity contribution in [3.05, 3.63) is 40.0 Å². The van der Waals surface area contributed by atoms with Crippen LogP contribution in [0.15, 0.2) is 24.4 Å². The molecule has 0 spiro atoms. The summed E-state index contributed by atoms with van der Waals surface area (Å²) in [7, 11) is 0. The molecule has 0 fully saturated rings. The summed E-state index contributed by atoms with van der Waals surface area (Å²) in [5, 5.41) is 15.2. The Labute approximate surface area is 152 Å². The van der Waals surface area contributed by atoms with Gasteiger partial charge in [-0.25, -0.2) is 4.98 Å². The predicted octanol–water partition coefficient (Wildman–Crippen LogP) is 4.73. The maximum atomic E-state index is 13.1. The monoisotopic (exact) mass is 394 g/mol. The van der Waals surface area contributed by atoms with Crippen molar-refractivity contribution in [3.8, 4) is 0 Å². The third-order valence-electron chi connectivity index (χ3n) is 3.12. The molecule has 2 aromatic rings. The summed E-state index contributed by atoms with van der Waals surface area (Å²) in [6, 6.07) is 4.61. The molecule has 0 aliphatic carbocycles. The fourth-order valence-corrected chi connectivity index (χ4v) is 2.11. The van der Waals surface area contributed by atoms with Gasteiger partial charge in [-0.2, -0.15) is 18.2 Å². The molecule has 0 aliphatic heterocycles. The van der Waals surface area contributed by atoms with Crippen molar-refractivity contribution in [1.82, 2.24) is 9.97 Å². The number of hydrogen-bond donors (Lipinski definition) is 3. The molecular formula is C15H15Cl2F3N4O. The maximum absolute atomic E-state index is 13.1. The van der Waals surface area contributed by atoms with Gasteiger partial charge < -0.3 is 15.7 Å². The second kappa shape index (κ2) is 7.23. The van der Waals surface area contributed by atoms with E-state index >= 15 is 0 Å². The molecule has 3 N–H and O–H groups in total. The quantitative estimate of drug-likeness (QED) is 0.683. The van der Waals surface area contributed by atoms with Crippen LogP contribution in [0.25, 0.3) is 0 Å². The van der Waals surface area contributed by atoms with Crippen molar-refractivity contribution in [2.75, 3.05) is 17.2 Å². The molecule has 0 aliphatic rings. The Morgan fingerprint density at radius 3 is 2.40 bits per heavy atom. The molecule has 1 heterocycles. The Morgan fingerprint density at radius 2 is 1.84 bits per heavy atom. The summed E-state index contributed by atoms with van der Waals surface area (Å²) in [4.78, 5) is 7.57. The van der Waals surface area contributed by atoms with Crippen molar-refractivity contribution in [2.24, 2.45) is 0 Å². The SMILES string of the molecule is CC(C)(CO)Nc1nc(Nc2ccc(Cl)c(Cl)c2)ncc1C(F)(F)F. The van der Waals surface area contributed by atoms with Crippen LogP contribution < -0.4 is 10.6 Å². The van der Waals surface area contributed by atoms with Crippen molar-refractivity contribution >= 4 is 40.7 Å². The molecule has 0 saturated carbocycles. The average Bonchev–Trinajstić information content (AvgIpc) is 2.49. The Morgan fingerprint density at radius 1 is 1.16 bits per heavy atom. The van der Waals surface area contributed by atoms with E-state index < -0.39 is 23.1 Å². The van der Waals surface area contributed by atoms with E-state index in [4.69, 9.17) is 23.2 Å². The standard InChI is InChI=1S/C15H15Cl2F3N4O/c1-14(2,7-25)24-12-9(15(18,19)20)6-21-13(23-12)22-8-3-4-10(16)11(17)5-8/h3-6,25H,7H2,1-2H3,(H2,21,22,23,24). The van der Waals surface area contributed by atoms with Crippen molar-refractivity contribution < 1.29 is 18.3 Å². The van der Waals surface area contributed by atoms with E-state index in [1.807, 2.05) is 0 Å². The van der Waals surface area contributed by atoms with Gasteiger partial charge in [0.05, 0.1) is 22.2 Å². The number of hydrogen-bond acceptors (Lipinski definition) is 5. The first-order chi connectivity index (χ1) is 11.5. The third kappa shape index (κ3) is 5.10. The second-order valence-corrected chi connectivity index (χ2v) is 6.69. The molecule has 25 heavy (non-hydrogen) atoms. The van der Waals surface area contributed by atoms with E-state index in [1.54, 1.807) is 19.9 Å². The lowest BCUT2D eigenvalue weighted by Crippen LogP contribution is -2.36. The van der Waals surface area contributed by atoms with E-state index in [-0.39, 0.29) is 17.6 Å². The zero-order chi connectivity index (χ0) is 18.8. The van der Waals surface area contributed by atoms with Gasteiger partial charge >= 0.3 is 6.18 Å². The van der Waals surface area contributed by atoms with Crippen molar-refractivity contribution in [1.29, 1.82) is 0 Å². The van der Waals surface area contributed by atoms with Crippen LogP contribution in [0.5, 0.6) is 0 Å². The number of anilines is 3. The molecule has 10 heteroatoms. The number of nitrogens with one attached hydrogen (secondary N) is 2. The molecule has 1 aromatic heterocycles. The van der Waals surface area contributed by atoms with Crippen molar-refractivity contribution in [2.45, 2.75) is 25.6 Å². The first-order valence-electron chi connectivity index (χ1n) is 7.07. The minimum Gasteiger partial charge on any atom is -0.394 e. The Hall–Kier alpha value is -1.77. The van der Waals surface area contributed by atoms with Crippen LogP contribution in [0.1, 0.15) is 19.4 Å². The normalized spacial score (nSPS) is 12.2. The van der Waals surface area contributed by atoms with Gasteiger partial charge in [0, 0.05) is 11.9 Å². The molecule has 0 bridgehead atoms. The topological polar surface area (TPSA) is 70.1 Å². The highest BCUT2D eigenvalue weighted by Crippen LogP contribution is 2.35. The molecule has 5 nitrogen and oxygen atoms in total. The van der Waals surface area contributed by atoms with E-state index in [0.717, 1.165) is 0 Å². The number of rotatable bonds is 5. The van der Waals surface area contributed by atoms with Crippen LogP contribution in [-0.4, -0.2) is 27.2 Å². The summed E-state index contributed by atoms with van der Waals surface area (Å²) in [5.74, 6) is -0.508. The minimum absolute atomic E-state index is 0.0670. The van der Waals surface area contributed by atoms with Crippen LogP contribution in [0.2, 0.25) is 10.0 Å². The van der Waals surface area contributed by atoms with E-state index in [0.29, 0.717) is 16.9 Å². The number of halogens is 5. The molecule has 136 valence electrons. The summed E-state index contributed by atoms with van der Waals surface area (Å²) in [5.41, 5.74) is -1.58. The minimum atomic E-state index is -4.64. The molecule has 0 saturated heterocycles. The van der Waals surface area contributed by atoms with E-state index in [2.05, 4.69) is 20.6 Å². The van der Waals surface area contributed by atoms with Crippen LogP contribution in [-0.2, 0) is 6.18 Å². The molecule has 0 unspecified atom stereocenters. The van der Waals surface area contributed by atoms with Crippen LogP contribution in [0.3, 0.4) is 0 Å². The van der Waals surface area contributed by atoms with Gasteiger partial charge in [0.25, 0.3) is 0 Å². The summed E-state index contributed by atoms with van der Waals surface area (Å²) in [6.07, 6.45) is -3.97. The zero-order valence-electron chi connectivity index (χ0n) is 13.2. The maximum Gasteiger partial charge on any atom is 0.421 e. The molecule has 1 aromatic carbocycles. The third-order valence-corrected chi connectivity index (χ3v) is 3.86. The lowest BCUT2D eigenvalue weighted by molar-refractivity contribution is -0.137. The number of aliphatic hydroxyl groups is 1. The molecule has 0 amide bonds. The van der Waals surface area contributed by atoms with Crippen LogP contribution in [0, 0.1) is 0 Å². The Bertz CT molecular complexity index is 769. The number of nitrogens with zero attached hydrogens (tertiary/aromatic N) is 2. The first kappa shape index (κ1) is 19.6. The van der Waals surface area contributed by atoms with Gasteiger partial charge in [-0.05, 0) is 32.0 Å². The number of alkyl halides is 3. The summed E-state index contributed by atoms with van der Waals surface area (Å²) in [6.45, 7) is 2.70. The van der Waals surface area contributed by atoms with Gasteiger partial charge in [-0.1, -0.05) is 23.2 Å². The van der Waals surface area contributed by atoms with Crippen LogP contribution >= 0.6 is 23.2 Å².